The van der Waals surface area contributed by atoms with Crippen LogP contribution in [0.2, 0.25) is 0 Å². The summed E-state index contributed by atoms with van der Waals surface area (Å²) in [6.07, 6.45) is -0.394. The molecule has 0 saturated carbocycles. The highest BCUT2D eigenvalue weighted by atomic mass is 32.2. The number of hydrogen-bond donors (Lipinski definition) is 2. The number of hydrogen-bond acceptors (Lipinski definition) is 6. The molecule has 0 saturated heterocycles. The summed E-state index contributed by atoms with van der Waals surface area (Å²) in [5.74, 6) is 1.37. The van der Waals surface area contributed by atoms with Gasteiger partial charge in [0.2, 0.25) is 17.3 Å². The van der Waals surface area contributed by atoms with Crippen molar-refractivity contribution in [3.8, 4) is 17.1 Å². The number of ether oxygens (including phenoxy) is 1. The minimum atomic E-state index is -0.394. The van der Waals surface area contributed by atoms with E-state index in [4.69, 9.17) is 4.74 Å². The van der Waals surface area contributed by atoms with Crippen molar-refractivity contribution in [3.63, 3.8) is 0 Å². The Balaban J connectivity index is 1.69. The second kappa shape index (κ2) is 6.83. The molecule has 28 heavy (non-hydrogen) atoms. The quantitative estimate of drug-likeness (QED) is 0.483. The van der Waals surface area contributed by atoms with Crippen molar-refractivity contribution in [2.45, 2.75) is 25.2 Å². The molecule has 2 N–H and O–H groups in total. The van der Waals surface area contributed by atoms with Crippen molar-refractivity contribution in [2.24, 2.45) is 0 Å². The van der Waals surface area contributed by atoms with Gasteiger partial charge in [-0.3, -0.25) is 0 Å². The van der Waals surface area contributed by atoms with Crippen molar-refractivity contribution in [1.82, 2.24) is 20.2 Å². The van der Waals surface area contributed by atoms with Crippen molar-refractivity contribution < 1.29 is 4.74 Å². The Morgan fingerprint density at radius 1 is 1.07 bits per heavy atom. The minimum absolute atomic E-state index is 0.394. The van der Waals surface area contributed by atoms with E-state index in [1.807, 2.05) is 36.4 Å². The van der Waals surface area contributed by atoms with Crippen LogP contribution >= 0.6 is 11.8 Å². The fourth-order valence-corrected chi connectivity index (χ4v) is 4.11. The Bertz CT molecular complexity index is 1170. The third kappa shape index (κ3) is 2.79. The van der Waals surface area contributed by atoms with Crippen LogP contribution < -0.4 is 10.1 Å². The van der Waals surface area contributed by atoms with Gasteiger partial charge in [-0.2, -0.15) is 4.98 Å². The van der Waals surface area contributed by atoms with Gasteiger partial charge >= 0.3 is 0 Å². The van der Waals surface area contributed by atoms with Crippen LogP contribution in [0.5, 0.6) is 5.88 Å². The zero-order valence-electron chi connectivity index (χ0n) is 15.6. The Hall–Kier alpha value is -3.06. The lowest BCUT2D eigenvalue weighted by Gasteiger charge is -2.19. The van der Waals surface area contributed by atoms with Crippen molar-refractivity contribution >= 4 is 28.4 Å². The summed E-state index contributed by atoms with van der Waals surface area (Å²) >= 11 is 1.55. The molecular weight excluding hydrogens is 370 g/mol. The minimum Gasteiger partial charge on any atom is -0.448 e. The number of aromatic nitrogens is 4. The first-order valence-corrected chi connectivity index (χ1v) is 10.2. The number of thioether (sulfide) groups is 1. The molecule has 0 spiro atoms. The van der Waals surface area contributed by atoms with Gasteiger partial charge in [0.25, 0.3) is 0 Å². The Morgan fingerprint density at radius 3 is 2.79 bits per heavy atom. The lowest BCUT2D eigenvalue weighted by Crippen LogP contribution is -2.17. The van der Waals surface area contributed by atoms with Gasteiger partial charge in [0.05, 0.1) is 0 Å². The van der Waals surface area contributed by atoms with Gasteiger partial charge in [0, 0.05) is 33.4 Å². The molecule has 3 heterocycles. The molecule has 0 amide bonds. The van der Waals surface area contributed by atoms with Crippen LogP contribution in [0.3, 0.4) is 0 Å². The summed E-state index contributed by atoms with van der Waals surface area (Å²) in [5, 5.41) is 14.0. The number of nitrogens with zero attached hydrogens (tertiary/aromatic N) is 3. The maximum Gasteiger partial charge on any atom is 0.247 e. The highest BCUT2D eigenvalue weighted by Gasteiger charge is 2.28. The van der Waals surface area contributed by atoms with Gasteiger partial charge in [0.1, 0.15) is 0 Å². The fraction of sp³-hybridized carbons (Fsp3) is 0.190. The van der Waals surface area contributed by atoms with Gasteiger partial charge in [-0.15, -0.1) is 10.2 Å². The number of H-pyrrole nitrogens is 1. The van der Waals surface area contributed by atoms with Crippen LogP contribution in [0.25, 0.3) is 22.2 Å². The van der Waals surface area contributed by atoms with E-state index < -0.39 is 6.23 Å². The molecule has 1 aliphatic rings. The van der Waals surface area contributed by atoms with E-state index in [-0.39, 0.29) is 0 Å². The van der Waals surface area contributed by atoms with E-state index in [1.165, 1.54) is 0 Å². The molecule has 140 valence electrons. The summed E-state index contributed by atoms with van der Waals surface area (Å²) < 4.78 is 6.40. The van der Waals surface area contributed by atoms with E-state index in [1.54, 1.807) is 11.8 Å². The van der Waals surface area contributed by atoms with E-state index in [2.05, 4.69) is 51.5 Å². The number of anilines is 1. The normalized spacial score (nSPS) is 15.3. The SMILES string of the molecule is CCSc1nnc2c(n1)O[C@H](c1c(C)[nH]c3ccccc13)Nc1ccccc1-2. The summed E-state index contributed by atoms with van der Waals surface area (Å²) in [4.78, 5) is 8.10. The molecule has 0 radical (unpaired) electrons. The summed E-state index contributed by atoms with van der Waals surface area (Å²) in [6, 6.07) is 16.3. The van der Waals surface area contributed by atoms with Crippen molar-refractivity contribution in [2.75, 3.05) is 11.1 Å². The van der Waals surface area contributed by atoms with Crippen LogP contribution in [0.1, 0.15) is 24.4 Å². The third-order valence-corrected chi connectivity index (χ3v) is 5.53. The monoisotopic (exact) mass is 389 g/mol. The molecule has 0 aliphatic carbocycles. The highest BCUT2D eigenvalue weighted by molar-refractivity contribution is 7.99. The molecule has 1 aliphatic heterocycles. The van der Waals surface area contributed by atoms with Crippen LogP contribution in [-0.2, 0) is 0 Å². The lowest BCUT2D eigenvalue weighted by molar-refractivity contribution is 0.226. The maximum atomic E-state index is 6.40. The molecule has 4 aromatic rings. The van der Waals surface area contributed by atoms with Crippen molar-refractivity contribution in [3.05, 3.63) is 59.8 Å². The summed E-state index contributed by atoms with van der Waals surface area (Å²) in [7, 11) is 0. The Kier molecular flexibility index (Phi) is 4.16. The Labute approximate surface area is 166 Å². The summed E-state index contributed by atoms with van der Waals surface area (Å²) in [6.45, 7) is 4.13. The molecule has 1 atom stereocenters. The largest absolute Gasteiger partial charge is 0.448 e. The number of aromatic amines is 1. The molecule has 6 nitrogen and oxygen atoms in total. The fourth-order valence-electron chi connectivity index (χ4n) is 3.60. The van der Waals surface area contributed by atoms with E-state index >= 15 is 0 Å². The second-order valence-electron chi connectivity index (χ2n) is 6.58. The summed E-state index contributed by atoms with van der Waals surface area (Å²) in [5.41, 5.74) is 5.75. The average molecular weight is 389 g/mol. The predicted molar refractivity (Wildman–Crippen MR) is 112 cm³/mol. The standard InChI is InChI=1S/C21H19N5OS/c1-3-28-21-24-20-18(25-26-21)14-9-5-7-11-16(14)23-19(27-20)17-12(2)22-15-10-6-4-8-13(15)17/h4-11,19,22-23H,3H2,1-2H3/t19-/m1/s1. The smallest absolute Gasteiger partial charge is 0.247 e. The van der Waals surface area contributed by atoms with Gasteiger partial charge in [-0.1, -0.05) is 55.1 Å². The highest BCUT2D eigenvalue weighted by Crippen LogP contribution is 2.41. The van der Waals surface area contributed by atoms with Crippen LogP contribution in [-0.4, -0.2) is 25.9 Å². The van der Waals surface area contributed by atoms with E-state index in [0.717, 1.165) is 39.2 Å². The van der Waals surface area contributed by atoms with E-state index in [0.29, 0.717) is 16.7 Å². The van der Waals surface area contributed by atoms with Gasteiger partial charge < -0.3 is 15.0 Å². The molecule has 5 rings (SSSR count). The number of aryl methyl sites for hydroxylation is 1. The van der Waals surface area contributed by atoms with Gasteiger partial charge in [-0.25, -0.2) is 0 Å². The van der Waals surface area contributed by atoms with Gasteiger partial charge in [0.15, 0.2) is 5.69 Å². The maximum absolute atomic E-state index is 6.40. The zero-order chi connectivity index (χ0) is 19.1. The first-order chi connectivity index (χ1) is 13.7. The predicted octanol–water partition coefficient (Wildman–Crippen LogP) is 4.94. The second-order valence-corrected chi connectivity index (χ2v) is 7.81. The van der Waals surface area contributed by atoms with E-state index in [9.17, 15) is 0 Å². The van der Waals surface area contributed by atoms with Crippen LogP contribution in [0.4, 0.5) is 5.69 Å². The number of benzene rings is 2. The molecule has 0 fully saturated rings. The number of nitrogens with one attached hydrogen (secondary N) is 2. The van der Waals surface area contributed by atoms with Crippen LogP contribution in [0.15, 0.2) is 53.7 Å². The van der Waals surface area contributed by atoms with Crippen molar-refractivity contribution in [1.29, 1.82) is 0 Å². The molecule has 2 aromatic carbocycles. The number of fused-ring (bicyclic) bond motifs is 4. The molecular formula is C21H19N5OS. The number of rotatable bonds is 3. The topological polar surface area (TPSA) is 75.7 Å². The molecule has 0 bridgehead atoms. The van der Waals surface area contributed by atoms with Crippen LogP contribution in [0, 0.1) is 6.92 Å². The molecule has 7 heteroatoms. The molecule has 2 aromatic heterocycles. The lowest BCUT2D eigenvalue weighted by atomic mass is 10.1. The Morgan fingerprint density at radius 2 is 1.89 bits per heavy atom. The zero-order valence-corrected chi connectivity index (χ0v) is 16.4. The van der Waals surface area contributed by atoms with Gasteiger partial charge in [-0.05, 0) is 24.8 Å². The number of para-hydroxylation sites is 2. The average Bonchev–Trinajstić information content (AvgIpc) is 2.95. The third-order valence-electron chi connectivity index (χ3n) is 4.81. The molecule has 0 unspecified atom stereocenters. The first-order valence-electron chi connectivity index (χ1n) is 9.22. The first kappa shape index (κ1) is 17.1.